The largest absolute Gasteiger partial charge is 0.394 e. The summed E-state index contributed by atoms with van der Waals surface area (Å²) in [5, 5.41) is 86.5. The number of allylic oxidation sites excluding steroid dienone is 16. The number of aliphatic hydroxyl groups is 8. The van der Waals surface area contributed by atoms with Gasteiger partial charge in [-0.05, 0) is 77.0 Å². The van der Waals surface area contributed by atoms with Gasteiger partial charge in [0.05, 0.1) is 32.0 Å². The van der Waals surface area contributed by atoms with E-state index in [2.05, 4.69) is 116 Å². The number of nitrogens with one attached hydrogen (secondary N) is 1. The van der Waals surface area contributed by atoms with Crippen molar-refractivity contribution in [3.63, 3.8) is 0 Å². The molecule has 0 bridgehead atoms. The summed E-state index contributed by atoms with van der Waals surface area (Å²) in [5.41, 5.74) is 0. The minimum Gasteiger partial charge on any atom is -0.394 e. The van der Waals surface area contributed by atoms with Gasteiger partial charge in [-0.3, -0.25) is 4.79 Å². The molecule has 424 valence electrons. The average molecular weight is 1040 g/mol. The van der Waals surface area contributed by atoms with Crippen molar-refractivity contribution in [1.29, 1.82) is 0 Å². The van der Waals surface area contributed by atoms with Crippen molar-refractivity contribution in [1.82, 2.24) is 5.32 Å². The van der Waals surface area contributed by atoms with E-state index >= 15 is 0 Å². The van der Waals surface area contributed by atoms with Crippen molar-refractivity contribution in [2.75, 3.05) is 19.8 Å². The fraction of sp³-hybridized carbons (Fsp3) is 0.717. The number of hydrogen-bond acceptors (Lipinski definition) is 13. The van der Waals surface area contributed by atoms with E-state index in [0.717, 1.165) is 109 Å². The predicted molar refractivity (Wildman–Crippen MR) is 295 cm³/mol. The first kappa shape index (κ1) is 67.0. The second-order valence-electron chi connectivity index (χ2n) is 19.7. The molecule has 2 fully saturated rings. The minimum absolute atomic E-state index is 0.224. The summed E-state index contributed by atoms with van der Waals surface area (Å²) in [7, 11) is 0. The Labute approximate surface area is 445 Å². The lowest BCUT2D eigenvalue weighted by Crippen LogP contribution is -2.65. The highest BCUT2D eigenvalue weighted by Crippen LogP contribution is 2.30. The lowest BCUT2D eigenvalue weighted by atomic mass is 9.97. The topological polar surface area (TPSA) is 228 Å². The van der Waals surface area contributed by atoms with Gasteiger partial charge in [0, 0.05) is 6.42 Å². The lowest BCUT2D eigenvalue weighted by Gasteiger charge is -2.46. The third-order valence-corrected chi connectivity index (χ3v) is 13.3. The Morgan fingerprint density at radius 1 is 0.500 bits per heavy atom. The molecule has 12 unspecified atom stereocenters. The van der Waals surface area contributed by atoms with E-state index in [1.165, 1.54) is 38.5 Å². The number of hydrogen-bond donors (Lipinski definition) is 9. The lowest BCUT2D eigenvalue weighted by molar-refractivity contribution is -0.359. The number of carbonyl (C=O) groups excluding carboxylic acids is 1. The smallest absolute Gasteiger partial charge is 0.220 e. The van der Waals surface area contributed by atoms with Gasteiger partial charge in [-0.25, -0.2) is 0 Å². The van der Waals surface area contributed by atoms with Gasteiger partial charge in [0.25, 0.3) is 0 Å². The molecular weight excluding hydrogens is 943 g/mol. The zero-order chi connectivity index (χ0) is 53.9. The number of amides is 1. The average Bonchev–Trinajstić information content (AvgIpc) is 3.40. The van der Waals surface area contributed by atoms with E-state index in [4.69, 9.17) is 18.9 Å². The monoisotopic (exact) mass is 1040 g/mol. The van der Waals surface area contributed by atoms with Crippen molar-refractivity contribution >= 4 is 5.91 Å². The molecule has 0 spiro atoms. The first-order valence-electron chi connectivity index (χ1n) is 28.5. The molecule has 14 nitrogen and oxygen atoms in total. The number of carbonyl (C=O) groups is 1. The molecule has 0 radical (unpaired) electrons. The Balaban J connectivity index is 1.57. The molecule has 0 aromatic heterocycles. The van der Waals surface area contributed by atoms with Gasteiger partial charge in [-0.15, -0.1) is 0 Å². The van der Waals surface area contributed by atoms with Gasteiger partial charge < -0.3 is 65.1 Å². The third-order valence-electron chi connectivity index (χ3n) is 13.3. The Bertz CT molecular complexity index is 1610. The van der Waals surface area contributed by atoms with Crippen molar-refractivity contribution < 1.29 is 64.6 Å². The van der Waals surface area contributed by atoms with Gasteiger partial charge in [0.2, 0.25) is 5.91 Å². The standard InChI is InChI=1S/C60H101NO13/c1-3-5-7-9-10-11-12-13-14-15-16-17-18-19-20-21-22-23-24-25-26-27-28-29-30-31-32-33-34-35-36-37-38-40-42-44-52(65)61-48(49(64)43-41-39-8-6-4-2)47-71-59-57(70)55(68)58(51(46-63)73-59)74-60-56(69)54(67)53(66)50(45-62)72-60/h5,7,10-11,13-14,16-17,19-20,22-23,25-26,28-29,48-51,53-60,62-64,66-70H,3-4,6,8-9,12,15,18,21,24,27,30-47H2,1-2H3,(H,61,65)/b7-5-,11-10-,14-13-,17-16-,20-19-,23-22-,26-25-,29-28-. The summed E-state index contributed by atoms with van der Waals surface area (Å²) in [6, 6.07) is -0.833. The molecule has 12 atom stereocenters. The first-order chi connectivity index (χ1) is 36.1. The van der Waals surface area contributed by atoms with Crippen LogP contribution in [0.25, 0.3) is 0 Å². The zero-order valence-corrected chi connectivity index (χ0v) is 45.3. The van der Waals surface area contributed by atoms with Gasteiger partial charge >= 0.3 is 0 Å². The summed E-state index contributed by atoms with van der Waals surface area (Å²) in [6.45, 7) is 2.61. The molecule has 0 aromatic carbocycles. The first-order valence-corrected chi connectivity index (χ1v) is 28.5. The molecule has 2 aliphatic rings. The van der Waals surface area contributed by atoms with E-state index < -0.39 is 86.8 Å². The van der Waals surface area contributed by atoms with Crippen LogP contribution in [0.2, 0.25) is 0 Å². The second-order valence-corrected chi connectivity index (χ2v) is 19.7. The van der Waals surface area contributed by atoms with Crippen LogP contribution in [-0.4, -0.2) is 140 Å². The molecule has 0 aliphatic carbocycles. The maximum atomic E-state index is 13.1. The number of rotatable bonds is 43. The van der Waals surface area contributed by atoms with E-state index in [-0.39, 0.29) is 12.5 Å². The summed E-state index contributed by atoms with van der Waals surface area (Å²) >= 11 is 0. The normalized spacial score (nSPS) is 26.0. The second kappa shape index (κ2) is 45.0. The van der Waals surface area contributed by atoms with Crippen LogP contribution in [0.3, 0.4) is 0 Å². The molecule has 14 heteroatoms. The van der Waals surface area contributed by atoms with Crippen LogP contribution in [0.5, 0.6) is 0 Å². The molecule has 1 amide bonds. The van der Waals surface area contributed by atoms with Crippen LogP contribution in [0.1, 0.15) is 181 Å². The van der Waals surface area contributed by atoms with Crippen LogP contribution in [-0.2, 0) is 23.7 Å². The molecule has 9 N–H and O–H groups in total. The number of unbranched alkanes of at least 4 members (excludes halogenated alkanes) is 14. The molecule has 2 aliphatic heterocycles. The summed E-state index contributed by atoms with van der Waals surface area (Å²) in [6.07, 6.45) is 44.9. The fourth-order valence-corrected chi connectivity index (χ4v) is 8.72. The van der Waals surface area contributed by atoms with Crippen LogP contribution < -0.4 is 5.32 Å². The molecule has 0 aromatic rings. The highest BCUT2D eigenvalue weighted by molar-refractivity contribution is 5.76. The molecule has 74 heavy (non-hydrogen) atoms. The molecule has 2 heterocycles. The molecule has 2 rings (SSSR count). The van der Waals surface area contributed by atoms with Crippen LogP contribution in [0.15, 0.2) is 97.2 Å². The van der Waals surface area contributed by atoms with Crippen LogP contribution >= 0.6 is 0 Å². The van der Waals surface area contributed by atoms with E-state index in [1.807, 2.05) is 0 Å². The van der Waals surface area contributed by atoms with Crippen molar-refractivity contribution in [2.24, 2.45) is 0 Å². The van der Waals surface area contributed by atoms with Gasteiger partial charge in [-0.1, -0.05) is 195 Å². The van der Waals surface area contributed by atoms with Gasteiger partial charge in [-0.2, -0.15) is 0 Å². The van der Waals surface area contributed by atoms with Gasteiger partial charge in [0.15, 0.2) is 12.6 Å². The van der Waals surface area contributed by atoms with E-state index in [1.54, 1.807) is 0 Å². The number of aliphatic hydroxyl groups excluding tert-OH is 8. The van der Waals surface area contributed by atoms with Crippen molar-refractivity contribution in [2.45, 2.75) is 254 Å². The van der Waals surface area contributed by atoms with Crippen LogP contribution in [0, 0.1) is 0 Å². The summed E-state index contributed by atoms with van der Waals surface area (Å²) in [5.74, 6) is -0.224. The van der Waals surface area contributed by atoms with Crippen molar-refractivity contribution in [3.05, 3.63) is 97.2 Å². The molecule has 0 saturated carbocycles. The summed E-state index contributed by atoms with van der Waals surface area (Å²) < 4.78 is 22.6. The Morgan fingerprint density at radius 2 is 0.932 bits per heavy atom. The minimum atomic E-state index is -1.78. The maximum Gasteiger partial charge on any atom is 0.220 e. The fourth-order valence-electron chi connectivity index (χ4n) is 8.72. The van der Waals surface area contributed by atoms with Crippen LogP contribution in [0.4, 0.5) is 0 Å². The Hall–Kier alpha value is -3.09. The zero-order valence-electron chi connectivity index (χ0n) is 45.3. The van der Waals surface area contributed by atoms with Gasteiger partial charge in [0.1, 0.15) is 48.8 Å². The van der Waals surface area contributed by atoms with E-state index in [9.17, 15) is 45.6 Å². The highest BCUT2D eigenvalue weighted by Gasteiger charge is 2.51. The quantitative estimate of drug-likeness (QED) is 0.0205. The molecular formula is C60H101NO13. The number of ether oxygens (including phenoxy) is 4. The SMILES string of the molecule is CC/C=C\C/C=C\C/C=C\C/C=C\C/C=C\C/C=C\C/C=C\C/C=C\CCCCCCCCCCCCC(=O)NC(COC1OC(CO)C(OC2OC(CO)C(O)C(O)C2O)C(O)C1O)C(O)CCCCCCC. The Kier molecular flexibility index (Phi) is 40.7. The summed E-state index contributed by atoms with van der Waals surface area (Å²) in [4.78, 5) is 13.1. The maximum absolute atomic E-state index is 13.1. The Morgan fingerprint density at radius 3 is 1.43 bits per heavy atom. The van der Waals surface area contributed by atoms with Crippen molar-refractivity contribution in [3.8, 4) is 0 Å². The third kappa shape index (κ3) is 30.6. The molecule has 2 saturated heterocycles. The van der Waals surface area contributed by atoms with E-state index in [0.29, 0.717) is 19.3 Å². The predicted octanol–water partition coefficient (Wildman–Crippen LogP) is 9.10. The highest BCUT2D eigenvalue weighted by atomic mass is 16.7.